The van der Waals surface area contributed by atoms with E-state index in [0.717, 1.165) is 30.8 Å². The fourth-order valence-corrected chi connectivity index (χ4v) is 11.3. The summed E-state index contributed by atoms with van der Waals surface area (Å²) in [7, 11) is -2.60. The molecule has 0 spiro atoms. The third-order valence-corrected chi connectivity index (χ3v) is 14.9. The molecule has 0 radical (unpaired) electrons. The van der Waals surface area contributed by atoms with E-state index in [1.165, 1.54) is 28.8 Å². The van der Waals surface area contributed by atoms with E-state index in [-0.39, 0.29) is 37.7 Å². The SMILES string of the molecule is C=C[C@@H]1C[C@]1(NC(=O)[C@@H]1C[C@@H](Oc2cc(-c3csc(NC(C)C)n3)nc3cc(OC)ccc23)CN1C(=O)[C@@H](NC(=O)OC1CCCC1)C(C)(C)C)P(=O)(O)Cc1ccncn1. The van der Waals surface area contributed by atoms with Crippen molar-refractivity contribution < 1.29 is 38.1 Å². The van der Waals surface area contributed by atoms with Crippen LogP contribution in [0.15, 0.2) is 60.9 Å². The van der Waals surface area contributed by atoms with Crippen LogP contribution in [-0.4, -0.2) is 96.9 Å². The number of ether oxygens (including phenoxy) is 3. The summed E-state index contributed by atoms with van der Waals surface area (Å²) in [5, 5.41) is 10.9. The average molecular weight is 875 g/mol. The minimum Gasteiger partial charge on any atom is -0.497 e. The molecule has 7 rings (SSSR count). The Morgan fingerprint density at radius 2 is 1.89 bits per heavy atom. The van der Waals surface area contributed by atoms with E-state index >= 15 is 0 Å². The van der Waals surface area contributed by atoms with Gasteiger partial charge in [0.25, 0.3) is 0 Å². The molecule has 3 fully saturated rings. The van der Waals surface area contributed by atoms with Crippen LogP contribution < -0.4 is 25.4 Å². The quantitative estimate of drug-likeness (QED) is 0.0710. The summed E-state index contributed by atoms with van der Waals surface area (Å²) in [5.41, 5.74) is 1.32. The maximum absolute atomic E-state index is 14.9. The first-order valence-electron chi connectivity index (χ1n) is 20.7. The Kier molecular flexibility index (Phi) is 12.8. The van der Waals surface area contributed by atoms with E-state index in [4.69, 9.17) is 24.2 Å². The smallest absolute Gasteiger partial charge is 0.408 e. The highest BCUT2D eigenvalue weighted by Gasteiger charge is 2.66. The Balaban J connectivity index is 1.22. The molecule has 6 atom stereocenters. The van der Waals surface area contributed by atoms with Crippen molar-refractivity contribution in [2.24, 2.45) is 11.3 Å². The second-order valence-corrected chi connectivity index (χ2v) is 20.9. The molecular formula is C43H55N8O8PS. The standard InChI is InChI=1S/C43H55N8O8PS/c1-8-26-20-43(26,60(55,56)22-27-15-16-44-24-45-27)50-38(52)35-18-30(21-51(35)39(53)37(42(4,5)6)49-41(54)59-28-11-9-10-12-28)58-36-19-33(34-23-61-40(48-34)46-25(2)3)47-32-17-29(57-7)13-14-31(32)36/h8,13-17,19,23-26,28,30,35,37H,1,9-12,18,20-22H2,2-7H3,(H,46,48)(H,49,54)(H,50,52)(H,55,56)/t26-,30-,35+,37-,43+/m1/s1. The van der Waals surface area contributed by atoms with Crippen molar-refractivity contribution in [1.82, 2.24) is 35.5 Å². The number of aromatic nitrogens is 4. The zero-order valence-electron chi connectivity index (χ0n) is 35.4. The van der Waals surface area contributed by atoms with Crippen molar-refractivity contribution in [2.75, 3.05) is 19.0 Å². The molecular weight excluding hydrogens is 820 g/mol. The number of amides is 3. The van der Waals surface area contributed by atoms with Gasteiger partial charge in [0.15, 0.2) is 5.13 Å². The Bertz CT molecular complexity index is 2320. The van der Waals surface area contributed by atoms with Gasteiger partial charge >= 0.3 is 6.09 Å². The number of methoxy groups -OCH3 is 1. The van der Waals surface area contributed by atoms with Gasteiger partial charge in [-0.1, -0.05) is 26.8 Å². The summed E-state index contributed by atoms with van der Waals surface area (Å²) in [4.78, 5) is 73.6. The van der Waals surface area contributed by atoms with Crippen molar-refractivity contribution in [3.05, 3.63) is 66.6 Å². The van der Waals surface area contributed by atoms with Gasteiger partial charge in [0.2, 0.25) is 19.2 Å². The first kappa shape index (κ1) is 44.0. The number of likely N-dealkylation sites (tertiary alicyclic amines) is 1. The minimum absolute atomic E-state index is 0.0336. The van der Waals surface area contributed by atoms with Crippen LogP contribution in [0.5, 0.6) is 11.5 Å². The summed E-state index contributed by atoms with van der Waals surface area (Å²) in [6.45, 7) is 13.4. The van der Waals surface area contributed by atoms with Gasteiger partial charge in [0, 0.05) is 47.5 Å². The summed E-state index contributed by atoms with van der Waals surface area (Å²) in [6.07, 6.45) is 6.03. The van der Waals surface area contributed by atoms with Gasteiger partial charge in [-0.2, -0.15) is 0 Å². The number of alkyl carbamates (subject to hydrolysis) is 1. The zero-order valence-corrected chi connectivity index (χ0v) is 37.1. The fraction of sp³-hybridized carbons (Fsp3) is 0.512. The monoisotopic (exact) mass is 874 g/mol. The van der Waals surface area contributed by atoms with Crippen LogP contribution in [0.3, 0.4) is 0 Å². The van der Waals surface area contributed by atoms with E-state index in [0.29, 0.717) is 39.5 Å². The maximum atomic E-state index is 14.9. The molecule has 1 aliphatic heterocycles. The Morgan fingerprint density at radius 1 is 1.11 bits per heavy atom. The number of nitrogens with one attached hydrogen (secondary N) is 3. The van der Waals surface area contributed by atoms with E-state index in [9.17, 15) is 23.8 Å². The van der Waals surface area contributed by atoms with Crippen molar-refractivity contribution in [2.45, 2.75) is 115 Å². The molecule has 16 nitrogen and oxygen atoms in total. The lowest BCUT2D eigenvalue weighted by Crippen LogP contribution is -2.58. The third kappa shape index (κ3) is 9.68. The van der Waals surface area contributed by atoms with E-state index < -0.39 is 60.1 Å². The molecule has 1 unspecified atom stereocenters. The predicted molar refractivity (Wildman–Crippen MR) is 233 cm³/mol. The Morgan fingerprint density at radius 3 is 2.54 bits per heavy atom. The van der Waals surface area contributed by atoms with Crippen molar-refractivity contribution in [1.29, 1.82) is 0 Å². The second kappa shape index (κ2) is 17.7. The van der Waals surface area contributed by atoms with Gasteiger partial charge in [0.05, 0.1) is 36.7 Å². The molecule has 2 aliphatic carbocycles. The highest BCUT2D eigenvalue weighted by molar-refractivity contribution is 7.59. The Labute approximate surface area is 359 Å². The zero-order chi connectivity index (χ0) is 43.7. The van der Waals surface area contributed by atoms with Gasteiger partial charge in [-0.25, -0.2) is 24.7 Å². The number of thiazole rings is 1. The van der Waals surface area contributed by atoms with Gasteiger partial charge in [-0.3, -0.25) is 14.2 Å². The molecule has 18 heteroatoms. The number of hydrogen-bond acceptors (Lipinski definition) is 13. The summed E-state index contributed by atoms with van der Waals surface area (Å²) in [5.74, 6) is -0.592. The number of carbonyl (C=O) groups excluding carboxylic acids is 3. The van der Waals surface area contributed by atoms with Crippen LogP contribution >= 0.6 is 18.7 Å². The molecule has 1 aromatic carbocycles. The molecule has 3 aliphatic rings. The highest BCUT2D eigenvalue weighted by Crippen LogP contribution is 2.70. The molecule has 326 valence electrons. The highest BCUT2D eigenvalue weighted by atomic mass is 32.1. The maximum Gasteiger partial charge on any atom is 0.408 e. The lowest BCUT2D eigenvalue weighted by Gasteiger charge is -2.36. The predicted octanol–water partition coefficient (Wildman–Crippen LogP) is 6.90. The first-order chi connectivity index (χ1) is 29.0. The topological polar surface area (TPSA) is 207 Å². The third-order valence-electron chi connectivity index (χ3n) is 11.5. The Hall–Kier alpha value is -5.12. The van der Waals surface area contributed by atoms with Gasteiger partial charge in [0.1, 0.15) is 53.1 Å². The van der Waals surface area contributed by atoms with Gasteiger partial charge < -0.3 is 40.0 Å². The molecule has 61 heavy (non-hydrogen) atoms. The number of pyridine rings is 1. The summed E-state index contributed by atoms with van der Waals surface area (Å²) >= 11 is 1.46. The normalized spacial score (nSPS) is 23.0. The van der Waals surface area contributed by atoms with Gasteiger partial charge in [-0.15, -0.1) is 17.9 Å². The van der Waals surface area contributed by atoms with E-state index in [1.807, 2.05) is 46.1 Å². The second-order valence-electron chi connectivity index (χ2n) is 17.5. The van der Waals surface area contributed by atoms with Crippen LogP contribution in [-0.2, 0) is 25.1 Å². The lowest BCUT2D eigenvalue weighted by atomic mass is 9.85. The lowest BCUT2D eigenvalue weighted by molar-refractivity contribution is -0.142. The number of anilines is 1. The summed E-state index contributed by atoms with van der Waals surface area (Å²) in [6, 6.07) is 6.74. The minimum atomic E-state index is -4.17. The van der Waals surface area contributed by atoms with Crippen molar-refractivity contribution >= 4 is 52.6 Å². The van der Waals surface area contributed by atoms with Crippen molar-refractivity contribution in [3.63, 3.8) is 0 Å². The number of fused-ring (bicyclic) bond motifs is 1. The van der Waals surface area contributed by atoms with Crippen LogP contribution in [0.4, 0.5) is 9.93 Å². The number of rotatable bonds is 15. The first-order valence-corrected chi connectivity index (χ1v) is 23.4. The number of hydrogen-bond donors (Lipinski definition) is 4. The molecule has 4 aromatic rings. The number of nitrogens with zero attached hydrogens (tertiary/aromatic N) is 5. The van der Waals surface area contributed by atoms with Crippen LogP contribution in [0.1, 0.15) is 78.8 Å². The molecule has 4 N–H and O–H groups in total. The number of benzene rings is 1. The largest absolute Gasteiger partial charge is 0.497 e. The van der Waals surface area contributed by atoms with Crippen LogP contribution in [0.25, 0.3) is 22.3 Å². The number of carbonyl (C=O) groups is 3. The summed E-state index contributed by atoms with van der Waals surface area (Å²) < 4.78 is 32.2. The van der Waals surface area contributed by atoms with E-state index in [2.05, 4.69) is 32.5 Å². The van der Waals surface area contributed by atoms with Crippen LogP contribution in [0, 0.1) is 11.3 Å². The van der Waals surface area contributed by atoms with Crippen LogP contribution in [0.2, 0.25) is 0 Å². The average Bonchev–Trinajstić information content (AvgIpc) is 3.61. The molecule has 3 aromatic heterocycles. The molecule has 0 bridgehead atoms. The molecule has 1 saturated heterocycles. The molecule has 4 heterocycles. The van der Waals surface area contributed by atoms with Gasteiger partial charge in [-0.05, 0) is 69.6 Å². The molecule has 3 amide bonds. The molecule has 2 saturated carbocycles. The van der Waals surface area contributed by atoms with Crippen molar-refractivity contribution in [3.8, 4) is 22.9 Å². The fourth-order valence-electron chi connectivity index (χ4n) is 8.17. The van der Waals surface area contributed by atoms with E-state index in [1.54, 1.807) is 37.5 Å².